The summed E-state index contributed by atoms with van der Waals surface area (Å²) in [5.41, 5.74) is 1.04. The molecule has 0 unspecified atom stereocenters. The number of hydrogen-bond donors (Lipinski definition) is 1. The van der Waals surface area contributed by atoms with Gasteiger partial charge in [0.1, 0.15) is 5.82 Å². The van der Waals surface area contributed by atoms with E-state index >= 15 is 0 Å². The van der Waals surface area contributed by atoms with E-state index < -0.39 is 0 Å². The van der Waals surface area contributed by atoms with Crippen molar-refractivity contribution in [3.05, 3.63) is 42.0 Å². The zero-order valence-electron chi connectivity index (χ0n) is 17.3. The van der Waals surface area contributed by atoms with Crippen molar-refractivity contribution < 1.29 is 14.3 Å². The van der Waals surface area contributed by atoms with Gasteiger partial charge in [0.05, 0.1) is 25.2 Å². The zero-order valence-corrected chi connectivity index (χ0v) is 17.3. The lowest BCUT2D eigenvalue weighted by atomic mass is 9.94. The van der Waals surface area contributed by atoms with E-state index in [0.717, 1.165) is 35.7 Å². The van der Waals surface area contributed by atoms with Crippen molar-refractivity contribution in [2.24, 2.45) is 11.8 Å². The van der Waals surface area contributed by atoms with Crippen LogP contribution < -0.4 is 14.8 Å². The Kier molecular flexibility index (Phi) is 6.60. The van der Waals surface area contributed by atoms with Crippen LogP contribution in [0.1, 0.15) is 51.5 Å². The molecular weight excluding hydrogens is 354 g/mol. The van der Waals surface area contributed by atoms with E-state index in [1.807, 2.05) is 31.3 Å². The van der Waals surface area contributed by atoms with Crippen molar-refractivity contribution >= 4 is 5.91 Å². The van der Waals surface area contributed by atoms with E-state index in [4.69, 9.17) is 9.47 Å². The monoisotopic (exact) mass is 385 g/mol. The molecule has 2 aromatic rings. The number of aryl methyl sites for hydroxylation is 1. The molecule has 152 valence electrons. The molecule has 1 aromatic carbocycles. The number of hydrogen-bond acceptors (Lipinski definition) is 4. The molecule has 1 N–H and O–H groups in total. The van der Waals surface area contributed by atoms with Crippen LogP contribution in [0.4, 0.5) is 0 Å². The molecule has 0 bridgehead atoms. The average Bonchev–Trinajstić information content (AvgIpc) is 2.99. The predicted octanol–water partition coefficient (Wildman–Crippen LogP) is 3.76. The first-order chi connectivity index (χ1) is 13.5. The predicted molar refractivity (Wildman–Crippen MR) is 109 cm³/mol. The highest BCUT2D eigenvalue weighted by atomic mass is 16.5. The molecule has 0 spiro atoms. The highest BCUT2D eigenvalue weighted by Crippen LogP contribution is 2.34. The molecule has 0 fully saturated rings. The number of aromatic nitrogens is 2. The number of ether oxygens (including phenoxy) is 2. The van der Waals surface area contributed by atoms with E-state index in [9.17, 15) is 4.79 Å². The Morgan fingerprint density at radius 3 is 2.68 bits per heavy atom. The quantitative estimate of drug-likeness (QED) is 0.788. The largest absolute Gasteiger partial charge is 0.490 e. The van der Waals surface area contributed by atoms with Gasteiger partial charge in [0.2, 0.25) is 5.91 Å². The third kappa shape index (κ3) is 4.66. The van der Waals surface area contributed by atoms with Gasteiger partial charge in [0.15, 0.2) is 11.5 Å². The van der Waals surface area contributed by atoms with Gasteiger partial charge in [-0.2, -0.15) is 0 Å². The van der Waals surface area contributed by atoms with Gasteiger partial charge in [-0.05, 0) is 23.6 Å². The first-order valence-electron chi connectivity index (χ1n) is 10.2. The molecule has 2 heterocycles. The summed E-state index contributed by atoms with van der Waals surface area (Å²) < 4.78 is 13.6. The van der Waals surface area contributed by atoms with Crippen LogP contribution in [-0.2, 0) is 17.8 Å². The number of rotatable bonds is 7. The zero-order chi connectivity index (χ0) is 20.1. The summed E-state index contributed by atoms with van der Waals surface area (Å²) in [6.45, 7) is 10.2. The maximum atomic E-state index is 12.9. The van der Waals surface area contributed by atoms with Crippen LogP contribution in [0.2, 0.25) is 0 Å². The number of carbonyl (C=O) groups is 1. The Hall–Kier alpha value is -2.50. The highest BCUT2D eigenvalue weighted by Gasteiger charge is 2.24. The van der Waals surface area contributed by atoms with Crippen molar-refractivity contribution in [1.29, 1.82) is 0 Å². The molecule has 6 nitrogen and oxygen atoms in total. The van der Waals surface area contributed by atoms with Crippen molar-refractivity contribution in [3.8, 4) is 11.5 Å². The smallest absolute Gasteiger partial charge is 0.225 e. The maximum Gasteiger partial charge on any atom is 0.225 e. The molecule has 1 aromatic heterocycles. The van der Waals surface area contributed by atoms with Gasteiger partial charge in [-0.25, -0.2) is 4.98 Å². The second-order valence-electron chi connectivity index (χ2n) is 7.74. The van der Waals surface area contributed by atoms with Gasteiger partial charge in [0, 0.05) is 31.8 Å². The molecule has 1 amide bonds. The summed E-state index contributed by atoms with van der Waals surface area (Å²) in [4.78, 5) is 17.2. The first kappa shape index (κ1) is 20.2. The second kappa shape index (κ2) is 9.13. The Morgan fingerprint density at radius 1 is 1.21 bits per heavy atom. The van der Waals surface area contributed by atoms with Crippen molar-refractivity contribution in [2.75, 3.05) is 13.2 Å². The second-order valence-corrected chi connectivity index (χ2v) is 7.74. The molecule has 3 rings (SSSR count). The van der Waals surface area contributed by atoms with Gasteiger partial charge in [-0.15, -0.1) is 0 Å². The SMILES string of the molecule is CCc1nccn1C[C@@H](C)C(=O)N[C@H](c1ccc2c(c1)OCCCO2)C(C)C. The molecule has 0 saturated heterocycles. The van der Waals surface area contributed by atoms with Crippen LogP contribution in [0.25, 0.3) is 0 Å². The summed E-state index contributed by atoms with van der Waals surface area (Å²) in [6.07, 6.45) is 5.46. The number of fused-ring (bicyclic) bond motifs is 1. The third-order valence-corrected chi connectivity index (χ3v) is 5.13. The minimum atomic E-state index is -0.152. The van der Waals surface area contributed by atoms with Crippen LogP contribution in [0.15, 0.2) is 30.6 Å². The topological polar surface area (TPSA) is 65.4 Å². The van der Waals surface area contributed by atoms with Gasteiger partial charge in [-0.3, -0.25) is 4.79 Å². The fourth-order valence-electron chi connectivity index (χ4n) is 3.50. The first-order valence-corrected chi connectivity index (χ1v) is 10.2. The molecule has 0 radical (unpaired) electrons. The molecule has 1 aliphatic rings. The molecule has 28 heavy (non-hydrogen) atoms. The van der Waals surface area contributed by atoms with Crippen LogP contribution >= 0.6 is 0 Å². The third-order valence-electron chi connectivity index (χ3n) is 5.13. The van der Waals surface area contributed by atoms with Crippen molar-refractivity contribution in [3.63, 3.8) is 0 Å². The summed E-state index contributed by atoms with van der Waals surface area (Å²) in [5.74, 6) is 2.68. The number of nitrogens with one attached hydrogen (secondary N) is 1. The lowest BCUT2D eigenvalue weighted by molar-refractivity contribution is -0.126. The number of benzene rings is 1. The van der Waals surface area contributed by atoms with Crippen molar-refractivity contribution in [1.82, 2.24) is 14.9 Å². The van der Waals surface area contributed by atoms with Crippen molar-refractivity contribution in [2.45, 2.75) is 53.1 Å². The van der Waals surface area contributed by atoms with E-state index in [0.29, 0.717) is 19.8 Å². The summed E-state index contributed by atoms with van der Waals surface area (Å²) in [5, 5.41) is 3.24. The average molecular weight is 386 g/mol. The number of nitrogens with zero attached hydrogens (tertiary/aromatic N) is 2. The fourth-order valence-corrected chi connectivity index (χ4v) is 3.50. The standard InChI is InChI=1S/C22H31N3O3/c1-5-20-23-9-10-25(20)14-16(4)22(26)24-21(15(2)3)17-7-8-18-19(13-17)28-12-6-11-27-18/h7-10,13,15-16,21H,5-6,11-12,14H2,1-4H3,(H,24,26)/t16-,21+/m1/s1. The summed E-state index contributed by atoms with van der Waals surface area (Å²) >= 11 is 0. The fraction of sp³-hybridized carbons (Fsp3) is 0.545. The summed E-state index contributed by atoms with van der Waals surface area (Å²) in [7, 11) is 0. The molecule has 0 saturated carbocycles. The molecular formula is C22H31N3O3. The van der Waals surface area contributed by atoms with E-state index in [1.165, 1.54) is 0 Å². The lowest BCUT2D eigenvalue weighted by Gasteiger charge is -2.26. The Morgan fingerprint density at radius 2 is 1.96 bits per heavy atom. The van der Waals surface area contributed by atoms with Gasteiger partial charge in [0.25, 0.3) is 0 Å². The number of imidazole rings is 1. The van der Waals surface area contributed by atoms with Crippen LogP contribution in [0, 0.1) is 11.8 Å². The van der Waals surface area contributed by atoms with Crippen LogP contribution in [-0.4, -0.2) is 28.7 Å². The lowest BCUT2D eigenvalue weighted by Crippen LogP contribution is -2.37. The van der Waals surface area contributed by atoms with Gasteiger partial charge < -0.3 is 19.4 Å². The minimum Gasteiger partial charge on any atom is -0.490 e. The summed E-state index contributed by atoms with van der Waals surface area (Å²) in [6, 6.07) is 5.88. The van der Waals surface area contributed by atoms with Crippen LogP contribution in [0.5, 0.6) is 11.5 Å². The minimum absolute atomic E-state index is 0.0431. The highest BCUT2D eigenvalue weighted by molar-refractivity contribution is 5.78. The Labute approximate surface area is 167 Å². The molecule has 6 heteroatoms. The van der Waals surface area contributed by atoms with E-state index in [2.05, 4.69) is 35.6 Å². The van der Waals surface area contributed by atoms with E-state index in [1.54, 1.807) is 6.20 Å². The Bertz CT molecular complexity index is 800. The molecule has 1 aliphatic heterocycles. The number of amides is 1. The van der Waals surface area contributed by atoms with Crippen LogP contribution in [0.3, 0.4) is 0 Å². The maximum absolute atomic E-state index is 12.9. The van der Waals surface area contributed by atoms with E-state index in [-0.39, 0.29) is 23.8 Å². The van der Waals surface area contributed by atoms with Gasteiger partial charge >= 0.3 is 0 Å². The molecule has 0 aliphatic carbocycles. The number of carbonyl (C=O) groups excluding carboxylic acids is 1. The Balaban J connectivity index is 1.72. The molecule has 2 atom stereocenters. The normalized spacial score (nSPS) is 15.8. The van der Waals surface area contributed by atoms with Gasteiger partial charge in [-0.1, -0.05) is 33.8 Å².